The van der Waals surface area contributed by atoms with Crippen molar-refractivity contribution in [3.05, 3.63) is 48.5 Å². The van der Waals surface area contributed by atoms with Gasteiger partial charge in [0.05, 0.1) is 0 Å². The first kappa shape index (κ1) is 13.9. The molecule has 0 saturated carbocycles. The van der Waals surface area contributed by atoms with Crippen LogP contribution in [0.4, 0.5) is 0 Å². The molecular formula is C16H14N2O2Se. The monoisotopic (exact) mass is 346 g/mol. The van der Waals surface area contributed by atoms with Gasteiger partial charge in [0.1, 0.15) is 0 Å². The van der Waals surface area contributed by atoms with Crippen LogP contribution in [0.25, 0.3) is 21.5 Å². The number of hydrogen-bond donors (Lipinski definition) is 0. The van der Waals surface area contributed by atoms with E-state index >= 15 is 0 Å². The maximum absolute atomic E-state index is 5.17. The summed E-state index contributed by atoms with van der Waals surface area (Å²) in [4.78, 5) is 4.65. The molecule has 0 unspecified atom stereocenters. The molecule has 0 aliphatic carbocycles. The molecule has 4 nitrogen and oxygen atoms in total. The number of ether oxygens (including phenoxy) is 2. The second-order valence-corrected chi connectivity index (χ2v) is 5.96. The summed E-state index contributed by atoms with van der Waals surface area (Å²) < 4.78 is 15.9. The van der Waals surface area contributed by atoms with Crippen molar-refractivity contribution < 1.29 is 9.47 Å². The van der Waals surface area contributed by atoms with Crippen molar-refractivity contribution in [1.29, 1.82) is 0 Å². The van der Waals surface area contributed by atoms with Gasteiger partial charge in [0.15, 0.2) is 0 Å². The molecule has 5 heteroatoms. The van der Waals surface area contributed by atoms with Crippen LogP contribution in [0.5, 0.6) is 11.5 Å². The fourth-order valence-corrected chi connectivity index (χ4v) is 3.38. The van der Waals surface area contributed by atoms with Crippen molar-refractivity contribution in [1.82, 2.24) is 8.96 Å². The van der Waals surface area contributed by atoms with Gasteiger partial charge in [0, 0.05) is 0 Å². The molecule has 0 spiro atoms. The summed E-state index contributed by atoms with van der Waals surface area (Å²) >= 11 is 0.0177. The predicted molar refractivity (Wildman–Crippen MR) is 82.9 cm³/mol. The van der Waals surface area contributed by atoms with E-state index in [-0.39, 0.29) is 14.7 Å². The standard InChI is InChI=1S/C16H14N2O2Se/c1-19-13-7-3-11(4-8-13)15-17-16(21-18-15)12-5-9-14(20-2)10-6-12/h3-10H,1-2H3. The summed E-state index contributed by atoms with van der Waals surface area (Å²) in [6.45, 7) is 0. The average molecular weight is 345 g/mol. The van der Waals surface area contributed by atoms with Crippen LogP contribution in [-0.4, -0.2) is 37.9 Å². The number of methoxy groups -OCH3 is 2. The molecule has 0 atom stereocenters. The van der Waals surface area contributed by atoms with Crippen LogP contribution in [0.15, 0.2) is 48.5 Å². The summed E-state index contributed by atoms with van der Waals surface area (Å²) in [5, 5.41) is 0. The zero-order valence-electron chi connectivity index (χ0n) is 11.7. The Morgan fingerprint density at radius 3 is 1.81 bits per heavy atom. The summed E-state index contributed by atoms with van der Waals surface area (Å²) in [5.74, 6) is 2.48. The minimum atomic E-state index is 0.0177. The third kappa shape index (κ3) is 2.99. The topological polar surface area (TPSA) is 44.2 Å². The van der Waals surface area contributed by atoms with Crippen molar-refractivity contribution >= 4 is 14.7 Å². The fourth-order valence-electron chi connectivity index (χ4n) is 1.93. The van der Waals surface area contributed by atoms with E-state index in [1.165, 1.54) is 0 Å². The first-order chi connectivity index (χ1) is 10.3. The van der Waals surface area contributed by atoms with Gasteiger partial charge in [-0.25, -0.2) is 0 Å². The number of hydrogen-bond acceptors (Lipinski definition) is 4. The van der Waals surface area contributed by atoms with E-state index in [0.29, 0.717) is 0 Å². The zero-order chi connectivity index (χ0) is 14.7. The maximum atomic E-state index is 5.17. The van der Waals surface area contributed by atoms with Crippen LogP contribution in [0, 0.1) is 0 Å². The number of nitrogens with zero attached hydrogens (tertiary/aromatic N) is 2. The zero-order valence-corrected chi connectivity index (χ0v) is 13.5. The van der Waals surface area contributed by atoms with Crippen molar-refractivity contribution in [2.45, 2.75) is 0 Å². The van der Waals surface area contributed by atoms with Crippen molar-refractivity contribution in [2.75, 3.05) is 14.2 Å². The van der Waals surface area contributed by atoms with Gasteiger partial charge in [-0.15, -0.1) is 0 Å². The Labute approximate surface area is 129 Å². The third-order valence-electron chi connectivity index (χ3n) is 3.11. The van der Waals surface area contributed by atoms with Gasteiger partial charge >= 0.3 is 129 Å². The van der Waals surface area contributed by atoms with Crippen LogP contribution in [0.2, 0.25) is 0 Å². The molecule has 0 amide bonds. The van der Waals surface area contributed by atoms with Crippen LogP contribution < -0.4 is 9.47 Å². The van der Waals surface area contributed by atoms with Gasteiger partial charge in [0.25, 0.3) is 0 Å². The third-order valence-corrected chi connectivity index (χ3v) is 4.71. The molecule has 0 saturated heterocycles. The Hall–Kier alpha value is -2.10. The molecule has 2 aromatic carbocycles. The molecule has 0 fully saturated rings. The molecular weight excluding hydrogens is 331 g/mol. The van der Waals surface area contributed by atoms with Crippen LogP contribution in [0.1, 0.15) is 0 Å². The van der Waals surface area contributed by atoms with Gasteiger partial charge in [-0.3, -0.25) is 0 Å². The Morgan fingerprint density at radius 1 is 0.762 bits per heavy atom. The van der Waals surface area contributed by atoms with E-state index < -0.39 is 0 Å². The van der Waals surface area contributed by atoms with Crippen LogP contribution >= 0.6 is 0 Å². The molecule has 0 aliphatic rings. The molecule has 21 heavy (non-hydrogen) atoms. The van der Waals surface area contributed by atoms with Gasteiger partial charge in [-0.1, -0.05) is 0 Å². The normalized spacial score (nSPS) is 10.4. The molecule has 0 N–H and O–H groups in total. The molecule has 0 radical (unpaired) electrons. The van der Waals surface area contributed by atoms with E-state index in [4.69, 9.17) is 9.47 Å². The Balaban J connectivity index is 1.87. The van der Waals surface area contributed by atoms with Crippen LogP contribution in [-0.2, 0) is 0 Å². The summed E-state index contributed by atoms with van der Waals surface area (Å²) in [6.07, 6.45) is 0. The van der Waals surface area contributed by atoms with Gasteiger partial charge in [0.2, 0.25) is 0 Å². The second-order valence-electron chi connectivity index (χ2n) is 4.38. The second kappa shape index (κ2) is 6.12. The van der Waals surface area contributed by atoms with Crippen molar-refractivity contribution in [3.8, 4) is 33.0 Å². The van der Waals surface area contributed by atoms with E-state index in [1.807, 2.05) is 48.5 Å². The van der Waals surface area contributed by atoms with Crippen molar-refractivity contribution in [2.24, 2.45) is 0 Å². The number of benzene rings is 2. The Bertz CT molecular complexity index is 659. The van der Waals surface area contributed by atoms with Gasteiger partial charge in [-0.2, -0.15) is 0 Å². The molecule has 3 rings (SSSR count). The van der Waals surface area contributed by atoms with Gasteiger partial charge in [-0.05, 0) is 0 Å². The number of rotatable bonds is 4. The molecule has 106 valence electrons. The molecule has 0 bridgehead atoms. The van der Waals surface area contributed by atoms with E-state index in [1.54, 1.807) is 14.2 Å². The van der Waals surface area contributed by atoms with Crippen LogP contribution in [0.3, 0.4) is 0 Å². The van der Waals surface area contributed by atoms with Crippen molar-refractivity contribution in [3.63, 3.8) is 0 Å². The average Bonchev–Trinajstić information content (AvgIpc) is 3.05. The minimum absolute atomic E-state index is 0.0177. The molecule has 1 aromatic heterocycles. The van der Waals surface area contributed by atoms with E-state index in [9.17, 15) is 0 Å². The first-order valence-electron chi connectivity index (χ1n) is 6.42. The Kier molecular flexibility index (Phi) is 4.04. The summed E-state index contributed by atoms with van der Waals surface area (Å²) in [7, 11) is 3.32. The quantitative estimate of drug-likeness (QED) is 0.682. The SMILES string of the molecule is COc1ccc(-c2n[se]c(-c3ccc(OC)cc3)n2)cc1. The first-order valence-corrected chi connectivity index (χ1v) is 8.05. The fraction of sp³-hybridized carbons (Fsp3) is 0.125. The summed E-state index contributed by atoms with van der Waals surface area (Å²) in [6, 6.07) is 15.7. The molecule has 1 heterocycles. The predicted octanol–water partition coefficient (Wildman–Crippen LogP) is 2.88. The summed E-state index contributed by atoms with van der Waals surface area (Å²) in [5.41, 5.74) is 2.12. The Morgan fingerprint density at radius 2 is 1.29 bits per heavy atom. The molecule has 3 aromatic rings. The van der Waals surface area contributed by atoms with Gasteiger partial charge < -0.3 is 0 Å². The molecule has 0 aliphatic heterocycles. The number of aromatic nitrogens is 2. The van der Waals surface area contributed by atoms with E-state index in [0.717, 1.165) is 33.0 Å². The van der Waals surface area contributed by atoms with E-state index in [2.05, 4.69) is 8.96 Å².